The van der Waals surface area contributed by atoms with Gasteiger partial charge in [-0.25, -0.2) is 9.67 Å². The summed E-state index contributed by atoms with van der Waals surface area (Å²) < 4.78 is 8.10. The minimum Gasteiger partial charge on any atom is -0.375 e. The molecular formula is C29H40N6O2. The molecule has 0 bridgehead atoms. The molecule has 2 aromatic rings. The van der Waals surface area contributed by atoms with Crippen molar-refractivity contribution in [2.45, 2.75) is 83.9 Å². The average molecular weight is 505 g/mol. The van der Waals surface area contributed by atoms with E-state index in [9.17, 15) is 4.79 Å². The number of nitrogens with one attached hydrogen (secondary N) is 1. The normalized spacial score (nSPS) is 21.7. The number of anilines is 1. The van der Waals surface area contributed by atoms with Gasteiger partial charge < -0.3 is 10.1 Å². The Balaban J connectivity index is 1.62. The summed E-state index contributed by atoms with van der Waals surface area (Å²) in [4.78, 5) is 24.0. The number of nitrogens with zero attached hydrogens (tertiary/aromatic N) is 5. The Morgan fingerprint density at radius 2 is 1.97 bits per heavy atom. The largest absolute Gasteiger partial charge is 0.375 e. The van der Waals surface area contributed by atoms with E-state index < -0.39 is 0 Å². The van der Waals surface area contributed by atoms with E-state index in [2.05, 4.69) is 23.6 Å². The number of ether oxygens (including phenoxy) is 1. The van der Waals surface area contributed by atoms with Crippen molar-refractivity contribution in [1.29, 1.82) is 0 Å². The molecule has 1 saturated carbocycles. The quantitative estimate of drug-likeness (QED) is 0.334. The van der Waals surface area contributed by atoms with E-state index in [0.29, 0.717) is 31.2 Å². The number of benzene rings is 1. The van der Waals surface area contributed by atoms with Gasteiger partial charge in [0.2, 0.25) is 5.91 Å². The van der Waals surface area contributed by atoms with Crippen LogP contribution in [-0.2, 0) is 16.1 Å². The minimum atomic E-state index is 0.0167. The molecule has 2 aliphatic rings. The summed E-state index contributed by atoms with van der Waals surface area (Å²) in [5, 5.41) is 7.97. The maximum atomic E-state index is 12.9. The minimum absolute atomic E-state index is 0.0167. The second-order valence-corrected chi connectivity index (χ2v) is 10.1. The Kier molecular flexibility index (Phi) is 8.59. The fourth-order valence-electron chi connectivity index (χ4n) is 5.52. The van der Waals surface area contributed by atoms with E-state index in [4.69, 9.17) is 14.8 Å². The first-order valence-corrected chi connectivity index (χ1v) is 13.4. The zero-order chi connectivity index (χ0) is 26.4. The molecule has 1 spiro atoms. The van der Waals surface area contributed by atoms with Gasteiger partial charge in [0.15, 0.2) is 5.82 Å². The highest BCUT2D eigenvalue weighted by atomic mass is 16.5. The number of aromatic nitrogens is 2. The van der Waals surface area contributed by atoms with Gasteiger partial charge in [0, 0.05) is 31.0 Å². The van der Waals surface area contributed by atoms with Gasteiger partial charge in [-0.1, -0.05) is 25.6 Å². The molecule has 8 nitrogen and oxygen atoms in total. The zero-order valence-corrected chi connectivity index (χ0v) is 22.5. The van der Waals surface area contributed by atoms with Crippen LogP contribution in [0.1, 0.15) is 82.9 Å². The Morgan fingerprint density at radius 3 is 2.54 bits per heavy atom. The molecule has 0 radical (unpaired) electrons. The summed E-state index contributed by atoms with van der Waals surface area (Å²) in [5.74, 6) is 1.29. The van der Waals surface area contributed by atoms with Crippen molar-refractivity contribution < 1.29 is 9.53 Å². The maximum Gasteiger partial charge on any atom is 0.227 e. The van der Waals surface area contributed by atoms with Crippen LogP contribution in [0.5, 0.6) is 0 Å². The lowest BCUT2D eigenvalue weighted by Gasteiger charge is -2.36. The number of carbonyl (C=O) groups is 1. The third-order valence-corrected chi connectivity index (χ3v) is 7.46. The summed E-state index contributed by atoms with van der Waals surface area (Å²) in [6.45, 7) is 15.3. The molecule has 0 atom stereocenters. The van der Waals surface area contributed by atoms with E-state index in [1.165, 1.54) is 0 Å². The first kappa shape index (κ1) is 26.8. The molecule has 2 fully saturated rings. The number of hydrogen-bond acceptors (Lipinski definition) is 6. The lowest BCUT2D eigenvalue weighted by molar-refractivity contribution is -0.126. The SMILES string of the molecule is C=Nc1c(C(=NCc2ccc(NC(=C)C)cc2)N(CC)C(=O)CC)cnn1C1CCC2(CCCO2)CC1. The lowest BCUT2D eigenvalue weighted by Crippen LogP contribution is -2.37. The molecule has 1 aromatic carbocycles. The van der Waals surface area contributed by atoms with Gasteiger partial charge in [-0.15, -0.1) is 0 Å². The highest BCUT2D eigenvalue weighted by Crippen LogP contribution is 2.44. The van der Waals surface area contributed by atoms with Crippen LogP contribution in [0.2, 0.25) is 0 Å². The second-order valence-electron chi connectivity index (χ2n) is 10.1. The smallest absolute Gasteiger partial charge is 0.227 e. The van der Waals surface area contributed by atoms with Crippen LogP contribution in [0.3, 0.4) is 0 Å². The molecule has 1 aliphatic carbocycles. The summed E-state index contributed by atoms with van der Waals surface area (Å²) in [7, 11) is 0. The number of aliphatic imine (C=N–C) groups is 2. The molecule has 8 heteroatoms. The number of amidine groups is 1. The summed E-state index contributed by atoms with van der Waals surface area (Å²) in [6.07, 6.45) is 8.56. The van der Waals surface area contributed by atoms with Crippen LogP contribution in [0.4, 0.5) is 11.5 Å². The number of allylic oxidation sites excluding steroid dienone is 1. The number of rotatable bonds is 9. The fraction of sp³-hybridized carbons (Fsp3) is 0.517. The highest BCUT2D eigenvalue weighted by Gasteiger charge is 2.40. The van der Waals surface area contributed by atoms with Crippen LogP contribution < -0.4 is 5.32 Å². The summed E-state index contributed by atoms with van der Waals surface area (Å²) >= 11 is 0. The van der Waals surface area contributed by atoms with Crippen molar-refractivity contribution in [3.05, 3.63) is 53.9 Å². The van der Waals surface area contributed by atoms with E-state index >= 15 is 0 Å². The Bertz CT molecular complexity index is 1130. The zero-order valence-electron chi connectivity index (χ0n) is 22.5. The van der Waals surface area contributed by atoms with Crippen LogP contribution in [0, 0.1) is 0 Å². The van der Waals surface area contributed by atoms with E-state index in [1.54, 1.807) is 11.1 Å². The van der Waals surface area contributed by atoms with Gasteiger partial charge >= 0.3 is 0 Å². The molecular weight excluding hydrogens is 464 g/mol. The van der Waals surface area contributed by atoms with E-state index in [0.717, 1.165) is 67.6 Å². The number of amides is 1. The third kappa shape index (κ3) is 6.01. The van der Waals surface area contributed by atoms with Crippen LogP contribution in [-0.4, -0.2) is 51.9 Å². The Morgan fingerprint density at radius 1 is 1.24 bits per heavy atom. The lowest BCUT2D eigenvalue weighted by atomic mass is 9.80. The van der Waals surface area contributed by atoms with Gasteiger partial charge in [-0.2, -0.15) is 5.10 Å². The van der Waals surface area contributed by atoms with Crippen LogP contribution in [0.25, 0.3) is 0 Å². The Labute approximate surface area is 220 Å². The van der Waals surface area contributed by atoms with Gasteiger partial charge in [0.1, 0.15) is 5.84 Å². The molecule has 4 rings (SSSR count). The maximum absolute atomic E-state index is 12.9. The van der Waals surface area contributed by atoms with Gasteiger partial charge in [0.05, 0.1) is 29.9 Å². The number of hydrogen-bond donors (Lipinski definition) is 1. The molecule has 1 aromatic heterocycles. The highest BCUT2D eigenvalue weighted by molar-refractivity contribution is 6.10. The van der Waals surface area contributed by atoms with Crippen LogP contribution in [0.15, 0.2) is 52.7 Å². The predicted octanol–water partition coefficient (Wildman–Crippen LogP) is 6.03. The second kappa shape index (κ2) is 11.9. The molecule has 37 heavy (non-hydrogen) atoms. The number of carbonyl (C=O) groups excluding carboxylic acids is 1. The average Bonchev–Trinajstić information content (AvgIpc) is 3.54. The van der Waals surface area contributed by atoms with Crippen molar-refractivity contribution in [2.24, 2.45) is 9.98 Å². The molecule has 198 valence electrons. The molecule has 1 saturated heterocycles. The van der Waals surface area contributed by atoms with Crippen molar-refractivity contribution in [3.63, 3.8) is 0 Å². The summed E-state index contributed by atoms with van der Waals surface area (Å²) in [6, 6.07) is 8.31. The van der Waals surface area contributed by atoms with Crippen molar-refractivity contribution in [3.8, 4) is 0 Å². The first-order valence-electron chi connectivity index (χ1n) is 13.4. The summed E-state index contributed by atoms with van der Waals surface area (Å²) in [5.41, 5.74) is 3.71. The molecule has 1 amide bonds. The molecule has 0 unspecified atom stereocenters. The first-order chi connectivity index (χ1) is 17.9. The van der Waals surface area contributed by atoms with Crippen molar-refractivity contribution >= 4 is 30.0 Å². The molecule has 1 aliphatic heterocycles. The third-order valence-electron chi connectivity index (χ3n) is 7.46. The Hall–Kier alpha value is -3.26. The standard InChI is InChI=1S/C29H40N6O2/c1-6-26(36)34(7-2)28(31-19-22-9-11-23(12-10-22)33-21(3)4)25-20-32-35(27(25)30-5)24-13-16-29(17-14-24)15-8-18-37-29/h9-12,20,24,33H,3,5-8,13-19H2,1-2,4H3. The monoisotopic (exact) mass is 504 g/mol. The van der Waals surface area contributed by atoms with Gasteiger partial charge in [-0.3, -0.25) is 14.7 Å². The molecule has 2 heterocycles. The van der Waals surface area contributed by atoms with Crippen molar-refractivity contribution in [2.75, 3.05) is 18.5 Å². The predicted molar refractivity (Wildman–Crippen MR) is 150 cm³/mol. The fourth-order valence-corrected chi connectivity index (χ4v) is 5.52. The van der Waals surface area contributed by atoms with Gasteiger partial charge in [0.25, 0.3) is 0 Å². The van der Waals surface area contributed by atoms with Crippen LogP contribution >= 0.6 is 0 Å². The van der Waals surface area contributed by atoms with Crippen molar-refractivity contribution in [1.82, 2.24) is 14.7 Å². The molecule has 1 N–H and O–H groups in total. The van der Waals surface area contributed by atoms with E-state index in [-0.39, 0.29) is 17.6 Å². The van der Waals surface area contributed by atoms with E-state index in [1.807, 2.05) is 49.7 Å². The topological polar surface area (TPSA) is 84.1 Å². The van der Waals surface area contributed by atoms with Gasteiger partial charge in [-0.05, 0) is 76.8 Å².